The first-order valence-electron chi connectivity index (χ1n) is 10.1. The molecule has 2 amide bonds. The van der Waals surface area contributed by atoms with E-state index in [2.05, 4.69) is 29.4 Å². The molecule has 30 heavy (non-hydrogen) atoms. The fraction of sp³-hybridized carbons (Fsp3) is 0.240. The third-order valence-electron chi connectivity index (χ3n) is 5.41. The summed E-state index contributed by atoms with van der Waals surface area (Å²) in [6.45, 7) is 2.50. The van der Waals surface area contributed by atoms with E-state index in [0.29, 0.717) is 30.6 Å². The second kappa shape index (κ2) is 9.83. The molecule has 0 spiro atoms. The van der Waals surface area contributed by atoms with E-state index in [1.807, 2.05) is 55.6 Å². The number of hydrogen-bond acceptors (Lipinski definition) is 3. The van der Waals surface area contributed by atoms with Crippen molar-refractivity contribution in [1.29, 1.82) is 0 Å². The summed E-state index contributed by atoms with van der Waals surface area (Å²) in [6.07, 6.45) is 2.89. The van der Waals surface area contributed by atoms with E-state index in [1.165, 1.54) is 0 Å². The molecule has 0 fully saturated rings. The molecule has 1 aromatic heterocycles. The van der Waals surface area contributed by atoms with Crippen molar-refractivity contribution in [3.05, 3.63) is 102 Å². The number of aromatic nitrogens is 1. The maximum Gasteiger partial charge on any atom is 0.269 e. The number of pyridine rings is 1. The summed E-state index contributed by atoms with van der Waals surface area (Å²) in [5, 5.41) is 2.93. The molecule has 0 aliphatic heterocycles. The molecule has 3 rings (SSSR count). The molecule has 3 aromatic rings. The Kier molecular flexibility index (Phi) is 6.96. The summed E-state index contributed by atoms with van der Waals surface area (Å²) in [5.74, 6) is -0.250. The van der Waals surface area contributed by atoms with Gasteiger partial charge in [-0.3, -0.25) is 14.6 Å². The average molecular weight is 402 g/mol. The summed E-state index contributed by atoms with van der Waals surface area (Å²) in [5.41, 5.74) is 1.70. The zero-order valence-electron chi connectivity index (χ0n) is 17.4. The van der Waals surface area contributed by atoms with E-state index in [4.69, 9.17) is 0 Å². The minimum absolute atomic E-state index is 0.0370. The fourth-order valence-corrected chi connectivity index (χ4v) is 3.46. The molecule has 2 aromatic carbocycles. The predicted octanol–water partition coefficient (Wildman–Crippen LogP) is 3.98. The zero-order valence-corrected chi connectivity index (χ0v) is 17.4. The topological polar surface area (TPSA) is 62.3 Å². The van der Waals surface area contributed by atoms with Crippen LogP contribution in [0.4, 0.5) is 0 Å². The van der Waals surface area contributed by atoms with Gasteiger partial charge in [0.15, 0.2) is 0 Å². The minimum Gasteiger partial charge on any atom is -0.351 e. The molecular weight excluding hydrogens is 374 g/mol. The number of amides is 2. The largest absolute Gasteiger partial charge is 0.351 e. The minimum atomic E-state index is -0.480. The van der Waals surface area contributed by atoms with Crippen molar-refractivity contribution in [3.8, 4) is 0 Å². The van der Waals surface area contributed by atoms with E-state index in [1.54, 1.807) is 29.3 Å². The smallest absolute Gasteiger partial charge is 0.269 e. The van der Waals surface area contributed by atoms with Gasteiger partial charge in [0.25, 0.3) is 11.8 Å². The molecule has 1 N–H and O–H groups in total. The zero-order chi connectivity index (χ0) is 21.4. The Morgan fingerprint density at radius 2 is 1.57 bits per heavy atom. The quantitative estimate of drug-likeness (QED) is 0.621. The van der Waals surface area contributed by atoms with Crippen molar-refractivity contribution in [2.75, 3.05) is 13.6 Å². The van der Waals surface area contributed by atoms with Gasteiger partial charge in [-0.15, -0.1) is 0 Å². The third-order valence-corrected chi connectivity index (χ3v) is 5.41. The lowest BCUT2D eigenvalue weighted by Crippen LogP contribution is -2.50. The van der Waals surface area contributed by atoms with Gasteiger partial charge < -0.3 is 10.2 Å². The van der Waals surface area contributed by atoms with Gasteiger partial charge in [0.2, 0.25) is 0 Å². The highest BCUT2D eigenvalue weighted by Crippen LogP contribution is 2.25. The van der Waals surface area contributed by atoms with Crippen LogP contribution in [0.3, 0.4) is 0 Å². The molecule has 0 unspecified atom stereocenters. The van der Waals surface area contributed by atoms with Crippen molar-refractivity contribution < 1.29 is 9.59 Å². The molecule has 0 saturated carbocycles. The number of benzene rings is 2. The lowest BCUT2D eigenvalue weighted by Gasteiger charge is -2.39. The van der Waals surface area contributed by atoms with Gasteiger partial charge in [0.1, 0.15) is 5.69 Å². The number of carbonyl (C=O) groups excluding carboxylic acids is 2. The van der Waals surface area contributed by atoms with Crippen LogP contribution in [0, 0.1) is 0 Å². The Bertz CT molecular complexity index is 961. The number of nitrogens with zero attached hydrogens (tertiary/aromatic N) is 2. The van der Waals surface area contributed by atoms with Gasteiger partial charge in [-0.1, -0.05) is 54.6 Å². The number of carbonyl (C=O) groups is 2. The molecule has 0 aliphatic carbocycles. The highest BCUT2D eigenvalue weighted by molar-refractivity contribution is 5.94. The van der Waals surface area contributed by atoms with Crippen LogP contribution in [0.15, 0.2) is 85.1 Å². The first kappa shape index (κ1) is 21.2. The monoisotopic (exact) mass is 401 g/mol. The van der Waals surface area contributed by atoms with Crippen LogP contribution in [0.25, 0.3) is 0 Å². The van der Waals surface area contributed by atoms with Crippen molar-refractivity contribution in [1.82, 2.24) is 15.2 Å². The normalized spacial score (nSPS) is 12.6. The summed E-state index contributed by atoms with van der Waals surface area (Å²) in [7, 11) is 1.83. The number of hydrogen-bond donors (Lipinski definition) is 1. The van der Waals surface area contributed by atoms with Crippen LogP contribution < -0.4 is 5.32 Å². The molecule has 5 heteroatoms. The second-order valence-corrected chi connectivity index (χ2v) is 7.61. The van der Waals surface area contributed by atoms with Crippen LogP contribution in [0.2, 0.25) is 0 Å². The van der Waals surface area contributed by atoms with Crippen LogP contribution in [-0.2, 0) is 6.42 Å². The number of nitrogens with one attached hydrogen (secondary N) is 1. The van der Waals surface area contributed by atoms with Crippen LogP contribution in [0.5, 0.6) is 0 Å². The molecule has 5 nitrogen and oxygen atoms in total. The number of likely N-dealkylation sites (N-methyl/N-ethyl adjacent to an activating group) is 1. The summed E-state index contributed by atoms with van der Waals surface area (Å²) in [6, 6.07) is 24.6. The van der Waals surface area contributed by atoms with Gasteiger partial charge in [-0.05, 0) is 49.6 Å². The molecule has 154 valence electrons. The summed E-state index contributed by atoms with van der Waals surface area (Å²) in [4.78, 5) is 31.4. The standard InChI is InChI=1S/C25H27N3O2/c1-25(19-20-11-5-3-6-12-20,28(2)24(30)21-13-7-4-8-14-21)16-18-27-23(29)22-15-9-10-17-26-22/h3-15,17H,16,18-19H2,1-2H3,(H,27,29)/t25-/m1/s1. The number of rotatable bonds is 8. The average Bonchev–Trinajstić information content (AvgIpc) is 2.79. The van der Waals surface area contributed by atoms with Gasteiger partial charge in [-0.2, -0.15) is 0 Å². The molecule has 0 saturated heterocycles. The summed E-state index contributed by atoms with van der Waals surface area (Å²) < 4.78 is 0. The molecule has 0 bridgehead atoms. The maximum atomic E-state index is 13.1. The van der Waals surface area contributed by atoms with Crippen molar-refractivity contribution >= 4 is 11.8 Å². The van der Waals surface area contributed by atoms with Gasteiger partial charge in [-0.25, -0.2) is 0 Å². The Balaban J connectivity index is 1.75. The van der Waals surface area contributed by atoms with E-state index < -0.39 is 5.54 Å². The summed E-state index contributed by atoms with van der Waals surface area (Å²) >= 11 is 0. The SMILES string of the molecule is CN(C(=O)c1ccccc1)[C@](C)(CCNC(=O)c1ccccn1)Cc1ccccc1. The Hall–Kier alpha value is -3.47. The van der Waals surface area contributed by atoms with Crippen LogP contribution in [-0.4, -0.2) is 40.8 Å². The van der Waals surface area contributed by atoms with Crippen LogP contribution >= 0.6 is 0 Å². The van der Waals surface area contributed by atoms with E-state index in [9.17, 15) is 9.59 Å². The second-order valence-electron chi connectivity index (χ2n) is 7.61. The first-order chi connectivity index (χ1) is 14.5. The van der Waals surface area contributed by atoms with E-state index in [-0.39, 0.29) is 11.8 Å². The molecular formula is C25H27N3O2. The Morgan fingerprint density at radius 1 is 0.933 bits per heavy atom. The van der Waals surface area contributed by atoms with Gasteiger partial charge >= 0.3 is 0 Å². The van der Waals surface area contributed by atoms with Crippen LogP contribution in [0.1, 0.15) is 39.8 Å². The Labute approximate surface area is 177 Å². The van der Waals surface area contributed by atoms with E-state index in [0.717, 1.165) is 5.56 Å². The fourth-order valence-electron chi connectivity index (χ4n) is 3.46. The van der Waals surface area contributed by atoms with E-state index >= 15 is 0 Å². The lowest BCUT2D eigenvalue weighted by molar-refractivity contribution is 0.0574. The predicted molar refractivity (Wildman–Crippen MR) is 118 cm³/mol. The van der Waals surface area contributed by atoms with Crippen molar-refractivity contribution in [2.24, 2.45) is 0 Å². The van der Waals surface area contributed by atoms with Gasteiger partial charge in [0.05, 0.1) is 0 Å². The highest BCUT2D eigenvalue weighted by Gasteiger charge is 2.33. The van der Waals surface area contributed by atoms with Gasteiger partial charge in [0, 0.05) is 30.9 Å². The third kappa shape index (κ3) is 5.32. The lowest BCUT2D eigenvalue weighted by atomic mass is 9.87. The first-order valence-corrected chi connectivity index (χ1v) is 10.1. The Morgan fingerprint density at radius 3 is 2.20 bits per heavy atom. The molecule has 0 aliphatic rings. The van der Waals surface area contributed by atoms with Crippen molar-refractivity contribution in [3.63, 3.8) is 0 Å². The highest BCUT2D eigenvalue weighted by atomic mass is 16.2. The molecule has 1 heterocycles. The maximum absolute atomic E-state index is 13.1. The van der Waals surface area contributed by atoms with Crippen molar-refractivity contribution in [2.45, 2.75) is 25.3 Å². The molecule has 0 radical (unpaired) electrons. The molecule has 1 atom stereocenters.